The number of rotatable bonds is 3. The molecule has 4 atom stereocenters. The summed E-state index contributed by atoms with van der Waals surface area (Å²) in [4.78, 5) is 24.0. The lowest BCUT2D eigenvalue weighted by molar-refractivity contribution is -0.141. The summed E-state index contributed by atoms with van der Waals surface area (Å²) in [6.07, 6.45) is 2.84. The first-order chi connectivity index (χ1) is 10.1. The molecule has 0 amide bonds. The summed E-state index contributed by atoms with van der Waals surface area (Å²) in [5.74, 6) is 1.27. The molecule has 4 nitrogen and oxygen atoms in total. The maximum absolute atomic E-state index is 12.1. The number of ether oxygens (including phenoxy) is 2. The molecule has 0 heterocycles. The quantitative estimate of drug-likeness (QED) is 0.856. The van der Waals surface area contributed by atoms with Gasteiger partial charge in [0.2, 0.25) is 0 Å². The molecule has 2 unspecified atom stereocenters. The molecule has 110 valence electrons. The Hall–Kier alpha value is -2.10. The van der Waals surface area contributed by atoms with E-state index in [-0.39, 0.29) is 35.2 Å². The molecule has 0 spiro atoms. The first-order valence-corrected chi connectivity index (χ1v) is 7.06. The molecule has 0 N–H and O–H groups in total. The number of hydrogen-bond acceptors (Lipinski definition) is 4. The van der Waals surface area contributed by atoms with Crippen molar-refractivity contribution in [2.75, 3.05) is 14.2 Å². The van der Waals surface area contributed by atoms with Crippen molar-refractivity contribution >= 4 is 11.6 Å². The molecule has 2 aliphatic rings. The molecule has 1 aromatic rings. The van der Waals surface area contributed by atoms with Gasteiger partial charge in [-0.1, -0.05) is 13.0 Å². The Morgan fingerprint density at radius 2 is 1.48 bits per heavy atom. The fraction of sp³-hybridized carbons (Fsp3) is 0.412. The van der Waals surface area contributed by atoms with Gasteiger partial charge >= 0.3 is 0 Å². The summed E-state index contributed by atoms with van der Waals surface area (Å²) in [7, 11) is 3.18. The van der Waals surface area contributed by atoms with E-state index < -0.39 is 0 Å². The molecule has 0 bridgehead atoms. The van der Waals surface area contributed by atoms with Crippen LogP contribution in [0.5, 0.6) is 11.5 Å². The van der Waals surface area contributed by atoms with Gasteiger partial charge in [0.1, 0.15) is 0 Å². The van der Waals surface area contributed by atoms with Crippen molar-refractivity contribution in [1.29, 1.82) is 0 Å². The predicted molar refractivity (Wildman–Crippen MR) is 77.6 cm³/mol. The minimum absolute atomic E-state index is 0.0532. The summed E-state index contributed by atoms with van der Waals surface area (Å²) in [6, 6.07) is 5.71. The summed E-state index contributed by atoms with van der Waals surface area (Å²) in [6.45, 7) is 2.03. The minimum Gasteiger partial charge on any atom is -0.493 e. The number of methoxy groups -OCH3 is 2. The molecular formula is C17H18O4. The van der Waals surface area contributed by atoms with Gasteiger partial charge in [-0.3, -0.25) is 9.59 Å². The molecule has 2 aliphatic carbocycles. The van der Waals surface area contributed by atoms with Gasteiger partial charge in [-0.25, -0.2) is 0 Å². The number of benzene rings is 1. The third-order valence-corrected chi connectivity index (χ3v) is 4.77. The molecular weight excluding hydrogens is 268 g/mol. The Kier molecular flexibility index (Phi) is 3.32. The second kappa shape index (κ2) is 5.02. The number of carbonyl (C=O) groups excluding carboxylic acids is 2. The fourth-order valence-corrected chi connectivity index (χ4v) is 3.70. The van der Waals surface area contributed by atoms with Crippen molar-refractivity contribution in [2.24, 2.45) is 17.8 Å². The van der Waals surface area contributed by atoms with Crippen LogP contribution in [0.4, 0.5) is 0 Å². The van der Waals surface area contributed by atoms with Gasteiger partial charge in [0.05, 0.1) is 14.2 Å². The Balaban J connectivity index is 1.96. The molecule has 0 radical (unpaired) electrons. The minimum atomic E-state index is -0.226. The maximum Gasteiger partial charge on any atom is 0.160 e. The Bertz CT molecular complexity index is 632. The Morgan fingerprint density at radius 3 is 2.10 bits per heavy atom. The van der Waals surface area contributed by atoms with E-state index >= 15 is 0 Å². The monoisotopic (exact) mass is 286 g/mol. The van der Waals surface area contributed by atoms with Gasteiger partial charge in [0, 0.05) is 11.8 Å². The third-order valence-electron chi connectivity index (χ3n) is 4.77. The third kappa shape index (κ3) is 1.97. The van der Waals surface area contributed by atoms with Crippen molar-refractivity contribution in [3.8, 4) is 11.5 Å². The number of carbonyl (C=O) groups is 2. The van der Waals surface area contributed by atoms with Crippen LogP contribution < -0.4 is 9.47 Å². The van der Waals surface area contributed by atoms with Gasteiger partial charge < -0.3 is 9.47 Å². The summed E-state index contributed by atoms with van der Waals surface area (Å²) in [5, 5.41) is 0. The van der Waals surface area contributed by atoms with Crippen LogP contribution in [0, 0.1) is 17.8 Å². The van der Waals surface area contributed by atoms with E-state index in [2.05, 4.69) is 0 Å². The van der Waals surface area contributed by atoms with Crippen LogP contribution in [0.1, 0.15) is 18.4 Å². The van der Waals surface area contributed by atoms with Crippen LogP contribution in [0.15, 0.2) is 30.4 Å². The molecule has 0 aromatic heterocycles. The average Bonchev–Trinajstić information content (AvgIpc) is 2.49. The lowest BCUT2D eigenvalue weighted by Gasteiger charge is -2.50. The lowest BCUT2D eigenvalue weighted by Crippen LogP contribution is -2.52. The van der Waals surface area contributed by atoms with Crippen molar-refractivity contribution < 1.29 is 19.1 Å². The number of hydrogen-bond donors (Lipinski definition) is 0. The Labute approximate surface area is 123 Å². The molecule has 3 rings (SSSR count). The molecule has 1 fully saturated rings. The van der Waals surface area contributed by atoms with E-state index in [1.807, 2.05) is 25.1 Å². The van der Waals surface area contributed by atoms with Crippen molar-refractivity contribution in [2.45, 2.75) is 12.8 Å². The molecule has 0 saturated heterocycles. The number of allylic oxidation sites excluding steroid dienone is 2. The van der Waals surface area contributed by atoms with Gasteiger partial charge in [-0.2, -0.15) is 0 Å². The molecule has 1 aromatic carbocycles. The zero-order valence-corrected chi connectivity index (χ0v) is 12.3. The molecule has 0 aliphatic heterocycles. The highest BCUT2D eigenvalue weighted by molar-refractivity contribution is 6.09. The average molecular weight is 286 g/mol. The van der Waals surface area contributed by atoms with Crippen molar-refractivity contribution in [3.05, 3.63) is 35.9 Å². The topological polar surface area (TPSA) is 52.6 Å². The van der Waals surface area contributed by atoms with Gasteiger partial charge in [0.15, 0.2) is 23.1 Å². The first kappa shape index (κ1) is 13.9. The van der Waals surface area contributed by atoms with Crippen LogP contribution >= 0.6 is 0 Å². The van der Waals surface area contributed by atoms with Gasteiger partial charge in [0.25, 0.3) is 0 Å². The van der Waals surface area contributed by atoms with Crippen LogP contribution in [-0.4, -0.2) is 25.8 Å². The first-order valence-electron chi connectivity index (χ1n) is 7.06. The van der Waals surface area contributed by atoms with E-state index in [9.17, 15) is 9.59 Å². The molecule has 1 saturated carbocycles. The highest BCUT2D eigenvalue weighted by Gasteiger charge is 2.55. The predicted octanol–water partition coefficient (Wildman–Crippen LogP) is 2.38. The molecule has 4 heteroatoms. The highest BCUT2D eigenvalue weighted by Crippen LogP contribution is 2.55. The summed E-state index contributed by atoms with van der Waals surface area (Å²) in [5.41, 5.74) is 1.03. The van der Waals surface area contributed by atoms with Gasteiger partial charge in [-0.05, 0) is 41.7 Å². The smallest absolute Gasteiger partial charge is 0.160 e. The van der Waals surface area contributed by atoms with Gasteiger partial charge in [-0.15, -0.1) is 0 Å². The van der Waals surface area contributed by atoms with E-state index in [4.69, 9.17) is 9.47 Å². The second-order valence-corrected chi connectivity index (χ2v) is 5.69. The summed E-state index contributed by atoms with van der Waals surface area (Å²) < 4.78 is 10.6. The van der Waals surface area contributed by atoms with Crippen molar-refractivity contribution in [3.63, 3.8) is 0 Å². The standard InChI is InChI=1S/C17H18O4/c1-9-15(17-12(19)6-5-11(18)16(9)17)10-4-7-13(20-2)14(8-10)21-3/h4-9,15-17H,1-3H3/t9-,15+,16?,17?/m1/s1. The number of fused-ring (bicyclic) bond motifs is 1. The van der Waals surface area contributed by atoms with Crippen LogP contribution in [0.3, 0.4) is 0 Å². The lowest BCUT2D eigenvalue weighted by atomic mass is 9.51. The van der Waals surface area contributed by atoms with Crippen LogP contribution in [0.25, 0.3) is 0 Å². The van der Waals surface area contributed by atoms with Crippen LogP contribution in [0.2, 0.25) is 0 Å². The normalized spacial score (nSPS) is 30.6. The van der Waals surface area contributed by atoms with E-state index in [0.29, 0.717) is 11.5 Å². The van der Waals surface area contributed by atoms with E-state index in [1.54, 1.807) is 14.2 Å². The molecule has 21 heavy (non-hydrogen) atoms. The summed E-state index contributed by atoms with van der Waals surface area (Å²) >= 11 is 0. The van der Waals surface area contributed by atoms with Crippen LogP contribution in [-0.2, 0) is 9.59 Å². The maximum atomic E-state index is 12.1. The van der Waals surface area contributed by atoms with E-state index in [0.717, 1.165) is 5.56 Å². The van der Waals surface area contributed by atoms with Crippen molar-refractivity contribution in [1.82, 2.24) is 0 Å². The fourth-order valence-electron chi connectivity index (χ4n) is 3.70. The number of ketones is 2. The zero-order chi connectivity index (χ0) is 15.1. The SMILES string of the molecule is COc1ccc([C@H]2C3C(=O)C=CC(=O)C3[C@@H]2C)cc1OC. The second-order valence-electron chi connectivity index (χ2n) is 5.69. The largest absolute Gasteiger partial charge is 0.493 e. The Morgan fingerprint density at radius 1 is 0.857 bits per heavy atom. The highest BCUT2D eigenvalue weighted by atomic mass is 16.5. The van der Waals surface area contributed by atoms with E-state index in [1.165, 1.54) is 12.2 Å². The zero-order valence-electron chi connectivity index (χ0n) is 12.3.